The normalized spacial score (nSPS) is 9.64. The molecule has 0 atom stereocenters. The molecule has 0 heterocycles. The third kappa shape index (κ3) is 1.40. The highest BCUT2D eigenvalue weighted by molar-refractivity contribution is 5.78. The van der Waals surface area contributed by atoms with Gasteiger partial charge >= 0.3 is 0 Å². The molecule has 0 saturated carbocycles. The lowest BCUT2D eigenvalue weighted by Gasteiger charge is -2.03. The van der Waals surface area contributed by atoms with Crippen LogP contribution in [0, 0.1) is 19.3 Å². The van der Waals surface area contributed by atoms with Crippen molar-refractivity contribution in [3.63, 3.8) is 0 Å². The van der Waals surface area contributed by atoms with Gasteiger partial charge < -0.3 is 10.5 Å². The maximum Gasteiger partial charge on any atom is 0.121 e. The van der Waals surface area contributed by atoms with Crippen LogP contribution < -0.4 is 0 Å². The highest BCUT2D eigenvalue weighted by atomic mass is 16.3. The summed E-state index contributed by atoms with van der Waals surface area (Å²) in [7, 11) is 0. The predicted octanol–water partition coefficient (Wildman–Crippen LogP) is 2.01. The molecule has 1 aromatic rings. The van der Waals surface area contributed by atoms with Gasteiger partial charge in [-0.3, -0.25) is 0 Å². The van der Waals surface area contributed by atoms with Gasteiger partial charge in [0.05, 0.1) is 0 Å². The lowest BCUT2D eigenvalue weighted by Crippen LogP contribution is -1.85. The number of benzene rings is 1. The van der Waals surface area contributed by atoms with Gasteiger partial charge in [0.25, 0.3) is 0 Å². The second kappa shape index (κ2) is 2.74. The van der Waals surface area contributed by atoms with E-state index in [-0.39, 0.29) is 0 Å². The largest absolute Gasteiger partial charge is 0.507 e. The van der Waals surface area contributed by atoms with Gasteiger partial charge in [-0.05, 0) is 42.7 Å². The van der Waals surface area contributed by atoms with Crippen LogP contribution in [0.5, 0.6) is 5.75 Å². The number of hydrogen-bond donors (Lipinski definition) is 2. The van der Waals surface area contributed by atoms with Crippen molar-refractivity contribution in [2.24, 2.45) is 0 Å². The molecule has 11 heavy (non-hydrogen) atoms. The molecule has 1 aromatic carbocycles. The summed E-state index contributed by atoms with van der Waals surface area (Å²) >= 11 is 0. The number of hydrogen-bond acceptors (Lipinski definition) is 2. The van der Waals surface area contributed by atoms with Crippen LogP contribution in [0.25, 0.3) is 0 Å². The van der Waals surface area contributed by atoms with E-state index in [1.807, 2.05) is 13.8 Å². The van der Waals surface area contributed by atoms with Crippen LogP contribution in [0.4, 0.5) is 0 Å². The second-order valence-corrected chi connectivity index (χ2v) is 2.65. The molecule has 1 rings (SSSR count). The standard InChI is InChI=1S/C9H11NO/c1-6-3-8(5-10)4-7(2)9(6)11/h3-5,10-11H,1-2H3. The number of rotatable bonds is 1. The molecule has 2 N–H and O–H groups in total. The van der Waals surface area contributed by atoms with Crippen molar-refractivity contribution in [3.05, 3.63) is 28.8 Å². The Hall–Kier alpha value is -1.31. The first-order valence-electron chi connectivity index (χ1n) is 3.46. The molecule has 0 saturated heterocycles. The summed E-state index contributed by atoms with van der Waals surface area (Å²) in [6, 6.07) is 3.57. The summed E-state index contributed by atoms with van der Waals surface area (Å²) in [6.45, 7) is 3.66. The highest BCUT2D eigenvalue weighted by Crippen LogP contribution is 2.21. The molecule has 0 fully saturated rings. The van der Waals surface area contributed by atoms with Gasteiger partial charge in [-0.25, -0.2) is 0 Å². The minimum absolute atomic E-state index is 0.329. The van der Waals surface area contributed by atoms with Gasteiger partial charge in [0, 0.05) is 6.21 Å². The molecule has 0 aliphatic heterocycles. The van der Waals surface area contributed by atoms with E-state index in [9.17, 15) is 5.11 Å². The molecule has 0 radical (unpaired) electrons. The average molecular weight is 149 g/mol. The Morgan fingerprint density at radius 1 is 1.27 bits per heavy atom. The average Bonchev–Trinajstić information content (AvgIpc) is 1.99. The monoisotopic (exact) mass is 149 g/mol. The van der Waals surface area contributed by atoms with Crippen molar-refractivity contribution in [1.82, 2.24) is 0 Å². The minimum atomic E-state index is 0.329. The van der Waals surface area contributed by atoms with E-state index in [2.05, 4.69) is 0 Å². The van der Waals surface area contributed by atoms with E-state index >= 15 is 0 Å². The highest BCUT2D eigenvalue weighted by Gasteiger charge is 2.00. The van der Waals surface area contributed by atoms with E-state index in [0.29, 0.717) is 5.75 Å². The van der Waals surface area contributed by atoms with E-state index in [0.717, 1.165) is 16.7 Å². The van der Waals surface area contributed by atoms with Gasteiger partial charge in [0.2, 0.25) is 0 Å². The van der Waals surface area contributed by atoms with Crippen LogP contribution >= 0.6 is 0 Å². The number of nitrogens with one attached hydrogen (secondary N) is 1. The van der Waals surface area contributed by atoms with Crippen LogP contribution in [0.15, 0.2) is 12.1 Å². The molecule has 0 amide bonds. The lowest BCUT2D eigenvalue weighted by atomic mass is 10.1. The van der Waals surface area contributed by atoms with Crippen molar-refractivity contribution < 1.29 is 5.11 Å². The molecule has 0 aromatic heterocycles. The molecule has 0 spiro atoms. The first-order chi connectivity index (χ1) is 5.15. The van der Waals surface area contributed by atoms with Crippen LogP contribution in [0.1, 0.15) is 16.7 Å². The van der Waals surface area contributed by atoms with Gasteiger partial charge in [-0.15, -0.1) is 0 Å². The van der Waals surface area contributed by atoms with Gasteiger partial charge in [-0.2, -0.15) is 0 Å². The van der Waals surface area contributed by atoms with Crippen molar-refractivity contribution in [2.75, 3.05) is 0 Å². The topological polar surface area (TPSA) is 44.1 Å². The van der Waals surface area contributed by atoms with Gasteiger partial charge in [0.15, 0.2) is 0 Å². The number of phenolic OH excluding ortho intramolecular Hbond substituents is 1. The summed E-state index contributed by atoms with van der Waals surface area (Å²) in [5, 5.41) is 16.4. The fraction of sp³-hybridized carbons (Fsp3) is 0.222. The number of aromatic hydroxyl groups is 1. The third-order valence-corrected chi connectivity index (χ3v) is 1.68. The van der Waals surface area contributed by atoms with Gasteiger partial charge in [0.1, 0.15) is 5.75 Å². The first-order valence-corrected chi connectivity index (χ1v) is 3.46. The Labute approximate surface area is 66.0 Å². The molecule has 0 aliphatic carbocycles. The summed E-state index contributed by atoms with van der Waals surface area (Å²) in [4.78, 5) is 0. The fourth-order valence-electron chi connectivity index (χ4n) is 1.07. The van der Waals surface area contributed by atoms with Crippen LogP contribution in [0.3, 0.4) is 0 Å². The molecular formula is C9H11NO. The van der Waals surface area contributed by atoms with E-state index < -0.39 is 0 Å². The van der Waals surface area contributed by atoms with Crippen LogP contribution in [0.2, 0.25) is 0 Å². The van der Waals surface area contributed by atoms with Crippen LogP contribution in [-0.4, -0.2) is 11.3 Å². The van der Waals surface area contributed by atoms with Crippen molar-refractivity contribution in [2.45, 2.75) is 13.8 Å². The predicted molar refractivity (Wildman–Crippen MR) is 45.5 cm³/mol. The Bertz CT molecular complexity index is 269. The summed E-state index contributed by atoms with van der Waals surface area (Å²) < 4.78 is 0. The van der Waals surface area contributed by atoms with E-state index in [1.165, 1.54) is 6.21 Å². The number of aryl methyl sites for hydroxylation is 2. The number of phenols is 1. The maximum absolute atomic E-state index is 9.35. The maximum atomic E-state index is 9.35. The molecular weight excluding hydrogens is 138 g/mol. The van der Waals surface area contributed by atoms with Crippen molar-refractivity contribution in [3.8, 4) is 5.75 Å². The zero-order valence-corrected chi connectivity index (χ0v) is 6.68. The Morgan fingerprint density at radius 3 is 2.09 bits per heavy atom. The molecule has 0 unspecified atom stereocenters. The fourth-order valence-corrected chi connectivity index (χ4v) is 1.07. The molecule has 0 bridgehead atoms. The smallest absolute Gasteiger partial charge is 0.121 e. The van der Waals surface area contributed by atoms with Gasteiger partial charge in [-0.1, -0.05) is 0 Å². The summed E-state index contributed by atoms with van der Waals surface area (Å²) in [5.41, 5.74) is 2.48. The Kier molecular flexibility index (Phi) is 1.94. The zero-order chi connectivity index (χ0) is 8.43. The zero-order valence-electron chi connectivity index (χ0n) is 6.68. The second-order valence-electron chi connectivity index (χ2n) is 2.65. The molecule has 2 nitrogen and oxygen atoms in total. The summed E-state index contributed by atoms with van der Waals surface area (Å²) in [5.74, 6) is 0.329. The third-order valence-electron chi connectivity index (χ3n) is 1.68. The molecule has 2 heteroatoms. The molecule has 0 aliphatic rings. The first kappa shape index (κ1) is 7.79. The van der Waals surface area contributed by atoms with Crippen molar-refractivity contribution in [1.29, 1.82) is 5.41 Å². The van der Waals surface area contributed by atoms with E-state index in [4.69, 9.17) is 5.41 Å². The van der Waals surface area contributed by atoms with Crippen molar-refractivity contribution >= 4 is 6.21 Å². The molecule has 58 valence electrons. The van der Waals surface area contributed by atoms with E-state index in [1.54, 1.807) is 12.1 Å². The summed E-state index contributed by atoms with van der Waals surface area (Å²) in [6.07, 6.45) is 1.28. The van der Waals surface area contributed by atoms with Crippen LogP contribution in [-0.2, 0) is 0 Å². The minimum Gasteiger partial charge on any atom is -0.507 e. The quantitative estimate of drug-likeness (QED) is 0.589. The SMILES string of the molecule is Cc1cc(C=N)cc(C)c1O. The Balaban J connectivity index is 3.31. The Morgan fingerprint density at radius 2 is 1.73 bits per heavy atom. The lowest BCUT2D eigenvalue weighted by molar-refractivity contribution is 0.467.